The molecule has 1 aliphatic carbocycles. The maximum Gasteiger partial charge on any atom is 0.223 e. The zero-order valence-corrected chi connectivity index (χ0v) is 13.3. The van der Waals surface area contributed by atoms with Crippen LogP contribution in [0, 0.1) is 11.8 Å². The fourth-order valence-electron chi connectivity index (χ4n) is 3.52. The van der Waals surface area contributed by atoms with E-state index in [1.807, 2.05) is 0 Å². The minimum Gasteiger partial charge on any atom is -0.381 e. The molecule has 0 aromatic heterocycles. The Balaban J connectivity index is 1.95. The molecule has 116 valence electrons. The molecular weight excluding hydrogens is 250 g/mol. The summed E-state index contributed by atoms with van der Waals surface area (Å²) < 4.78 is 5.45. The largest absolute Gasteiger partial charge is 0.381 e. The summed E-state index contributed by atoms with van der Waals surface area (Å²) in [5.74, 6) is 1.50. The molecule has 20 heavy (non-hydrogen) atoms. The number of hydrogen-bond acceptors (Lipinski definition) is 2. The maximum absolute atomic E-state index is 12.6. The summed E-state index contributed by atoms with van der Waals surface area (Å²) in [6.45, 7) is 7.01. The quantitative estimate of drug-likeness (QED) is 0.770. The summed E-state index contributed by atoms with van der Waals surface area (Å²) in [4.78, 5) is 14.9. The lowest BCUT2D eigenvalue weighted by Crippen LogP contribution is -2.45. The molecule has 1 aliphatic heterocycles. The first kappa shape index (κ1) is 15.8. The third-order valence-electron chi connectivity index (χ3n) is 4.71. The van der Waals surface area contributed by atoms with Crippen molar-refractivity contribution in [2.75, 3.05) is 19.8 Å². The van der Waals surface area contributed by atoms with Crippen molar-refractivity contribution < 1.29 is 9.53 Å². The average molecular weight is 281 g/mol. The SMILES string of the molecule is CC(C)CC(=O)N(CC1CCOCC1)C1CCCCC1. The fourth-order valence-corrected chi connectivity index (χ4v) is 3.52. The highest BCUT2D eigenvalue weighted by atomic mass is 16.5. The molecule has 0 N–H and O–H groups in total. The second-order valence-corrected chi connectivity index (χ2v) is 6.99. The van der Waals surface area contributed by atoms with E-state index in [-0.39, 0.29) is 0 Å². The zero-order chi connectivity index (χ0) is 14.4. The van der Waals surface area contributed by atoms with E-state index in [0.29, 0.717) is 30.2 Å². The Morgan fingerprint density at radius 2 is 1.75 bits per heavy atom. The van der Waals surface area contributed by atoms with Crippen molar-refractivity contribution in [1.29, 1.82) is 0 Å². The predicted octanol–water partition coefficient (Wildman–Crippen LogP) is 3.62. The third kappa shape index (κ3) is 4.76. The van der Waals surface area contributed by atoms with Gasteiger partial charge < -0.3 is 9.64 Å². The van der Waals surface area contributed by atoms with E-state index in [2.05, 4.69) is 18.7 Å². The summed E-state index contributed by atoms with van der Waals surface area (Å²) in [7, 11) is 0. The highest BCUT2D eigenvalue weighted by Gasteiger charge is 2.28. The van der Waals surface area contributed by atoms with Gasteiger partial charge in [-0.25, -0.2) is 0 Å². The molecule has 2 fully saturated rings. The first-order chi connectivity index (χ1) is 9.66. The van der Waals surface area contributed by atoms with E-state index in [9.17, 15) is 4.79 Å². The minimum absolute atomic E-state index is 0.387. The van der Waals surface area contributed by atoms with Gasteiger partial charge in [-0.05, 0) is 37.5 Å². The molecule has 0 bridgehead atoms. The Kier molecular flexibility index (Phi) is 6.34. The first-order valence-corrected chi connectivity index (χ1v) is 8.54. The van der Waals surface area contributed by atoms with Gasteiger partial charge in [0, 0.05) is 32.2 Å². The molecule has 3 heteroatoms. The van der Waals surface area contributed by atoms with E-state index in [0.717, 1.165) is 32.6 Å². The van der Waals surface area contributed by atoms with E-state index < -0.39 is 0 Å². The van der Waals surface area contributed by atoms with Crippen LogP contribution in [-0.4, -0.2) is 36.6 Å². The third-order valence-corrected chi connectivity index (χ3v) is 4.71. The fraction of sp³-hybridized carbons (Fsp3) is 0.941. The van der Waals surface area contributed by atoms with Crippen LogP contribution < -0.4 is 0 Å². The van der Waals surface area contributed by atoms with E-state index in [1.165, 1.54) is 32.1 Å². The number of carbonyl (C=O) groups is 1. The van der Waals surface area contributed by atoms with E-state index in [1.54, 1.807) is 0 Å². The molecule has 0 spiro atoms. The lowest BCUT2D eigenvalue weighted by atomic mass is 9.91. The molecule has 3 nitrogen and oxygen atoms in total. The molecular formula is C17H31NO2. The van der Waals surface area contributed by atoms with Crippen molar-refractivity contribution in [3.8, 4) is 0 Å². The number of ether oxygens (including phenoxy) is 1. The zero-order valence-electron chi connectivity index (χ0n) is 13.3. The van der Waals surface area contributed by atoms with Crippen LogP contribution in [0.1, 0.15) is 65.2 Å². The van der Waals surface area contributed by atoms with Gasteiger partial charge in [0.05, 0.1) is 0 Å². The van der Waals surface area contributed by atoms with Gasteiger partial charge in [-0.2, -0.15) is 0 Å². The van der Waals surface area contributed by atoms with Gasteiger partial charge in [0.2, 0.25) is 5.91 Å². The summed E-state index contributed by atoms with van der Waals surface area (Å²) in [6, 6.07) is 0.512. The van der Waals surface area contributed by atoms with Crippen LogP contribution in [0.15, 0.2) is 0 Å². The number of carbonyl (C=O) groups excluding carboxylic acids is 1. The van der Waals surface area contributed by atoms with Crippen molar-refractivity contribution >= 4 is 5.91 Å². The molecule has 0 aromatic carbocycles. The van der Waals surface area contributed by atoms with Crippen molar-refractivity contribution in [3.63, 3.8) is 0 Å². The lowest BCUT2D eigenvalue weighted by Gasteiger charge is -2.38. The van der Waals surface area contributed by atoms with Crippen LogP contribution in [0.2, 0.25) is 0 Å². The standard InChI is InChI=1S/C17H31NO2/c1-14(2)12-17(19)18(16-6-4-3-5-7-16)13-15-8-10-20-11-9-15/h14-16H,3-13H2,1-2H3. The van der Waals surface area contributed by atoms with Crippen molar-refractivity contribution in [3.05, 3.63) is 0 Å². The highest BCUT2D eigenvalue weighted by Crippen LogP contribution is 2.26. The van der Waals surface area contributed by atoms with Gasteiger partial charge in [0.1, 0.15) is 0 Å². The van der Waals surface area contributed by atoms with Gasteiger partial charge in [-0.3, -0.25) is 4.79 Å². The Hall–Kier alpha value is -0.570. The number of rotatable bonds is 5. The molecule has 0 aromatic rings. The number of hydrogen-bond donors (Lipinski definition) is 0. The summed E-state index contributed by atoms with van der Waals surface area (Å²) in [5, 5.41) is 0. The minimum atomic E-state index is 0.387. The van der Waals surface area contributed by atoms with Crippen LogP contribution in [0.25, 0.3) is 0 Å². The predicted molar refractivity (Wildman–Crippen MR) is 81.6 cm³/mol. The second kappa shape index (κ2) is 8.02. The summed E-state index contributed by atoms with van der Waals surface area (Å²) in [6.07, 6.45) is 9.32. The Morgan fingerprint density at radius 1 is 1.10 bits per heavy atom. The Labute approximate surface area is 124 Å². The van der Waals surface area contributed by atoms with Gasteiger partial charge in [-0.1, -0.05) is 33.1 Å². The van der Waals surface area contributed by atoms with Crippen molar-refractivity contribution in [1.82, 2.24) is 4.90 Å². The molecule has 2 rings (SSSR count). The normalized spacial score (nSPS) is 22.1. The first-order valence-electron chi connectivity index (χ1n) is 8.54. The van der Waals surface area contributed by atoms with Crippen LogP contribution in [0.4, 0.5) is 0 Å². The van der Waals surface area contributed by atoms with Gasteiger partial charge >= 0.3 is 0 Å². The highest BCUT2D eigenvalue weighted by molar-refractivity contribution is 5.76. The molecule has 2 aliphatic rings. The molecule has 1 saturated heterocycles. The van der Waals surface area contributed by atoms with Crippen LogP contribution in [-0.2, 0) is 9.53 Å². The van der Waals surface area contributed by atoms with Gasteiger partial charge in [-0.15, -0.1) is 0 Å². The van der Waals surface area contributed by atoms with Crippen molar-refractivity contribution in [2.24, 2.45) is 11.8 Å². The Morgan fingerprint density at radius 3 is 2.35 bits per heavy atom. The lowest BCUT2D eigenvalue weighted by molar-refractivity contribution is -0.136. The average Bonchev–Trinajstić information content (AvgIpc) is 2.46. The van der Waals surface area contributed by atoms with E-state index >= 15 is 0 Å². The molecule has 0 radical (unpaired) electrons. The molecule has 1 heterocycles. The number of amides is 1. The molecule has 0 atom stereocenters. The maximum atomic E-state index is 12.6. The van der Waals surface area contributed by atoms with Crippen LogP contribution in [0.5, 0.6) is 0 Å². The summed E-state index contributed by atoms with van der Waals surface area (Å²) in [5.41, 5.74) is 0. The number of nitrogens with zero attached hydrogens (tertiary/aromatic N) is 1. The summed E-state index contributed by atoms with van der Waals surface area (Å²) >= 11 is 0. The smallest absolute Gasteiger partial charge is 0.223 e. The van der Waals surface area contributed by atoms with Crippen molar-refractivity contribution in [2.45, 2.75) is 71.3 Å². The topological polar surface area (TPSA) is 29.5 Å². The van der Waals surface area contributed by atoms with Gasteiger partial charge in [0.15, 0.2) is 0 Å². The monoisotopic (exact) mass is 281 g/mol. The van der Waals surface area contributed by atoms with Gasteiger partial charge in [0.25, 0.3) is 0 Å². The van der Waals surface area contributed by atoms with Crippen LogP contribution in [0.3, 0.4) is 0 Å². The van der Waals surface area contributed by atoms with Crippen LogP contribution >= 0.6 is 0 Å². The Bertz CT molecular complexity index is 291. The second-order valence-electron chi connectivity index (χ2n) is 6.99. The van der Waals surface area contributed by atoms with E-state index in [4.69, 9.17) is 4.74 Å². The molecule has 1 amide bonds. The molecule has 1 saturated carbocycles. The molecule has 0 unspecified atom stereocenters.